The van der Waals surface area contributed by atoms with Gasteiger partial charge in [-0.25, -0.2) is 0 Å². The number of hydrogen-bond donors (Lipinski definition) is 1. The molecule has 0 saturated carbocycles. The van der Waals surface area contributed by atoms with Crippen molar-refractivity contribution in [1.82, 2.24) is 20.2 Å². The van der Waals surface area contributed by atoms with Crippen LogP contribution in [0.15, 0.2) is 53.7 Å². The summed E-state index contributed by atoms with van der Waals surface area (Å²) in [4.78, 5) is 27.8. The molecule has 32 heavy (non-hydrogen) atoms. The first kappa shape index (κ1) is 22.0. The monoisotopic (exact) mass is 450 g/mol. The van der Waals surface area contributed by atoms with Crippen molar-refractivity contribution in [3.05, 3.63) is 54.1 Å². The standard InChI is InChI=1S/C23H26N6O2S/c1-14(2)16-10-12-17(13-11-16)29-22(25-26-27-29)32-15(3)20(30)28-19-9-7-6-8-18(19)24-21(31)23(28,4)5/h6-15H,1-5H3,(H,24,31). The Morgan fingerprint density at radius 3 is 2.44 bits per heavy atom. The molecule has 0 fully saturated rings. The van der Waals surface area contributed by atoms with Crippen molar-refractivity contribution in [2.45, 2.75) is 56.5 Å². The Balaban J connectivity index is 1.60. The third kappa shape index (κ3) is 3.88. The van der Waals surface area contributed by atoms with Gasteiger partial charge in [0.05, 0.1) is 22.3 Å². The predicted molar refractivity (Wildman–Crippen MR) is 125 cm³/mol. The minimum Gasteiger partial charge on any atom is -0.322 e. The van der Waals surface area contributed by atoms with E-state index in [2.05, 4.69) is 46.8 Å². The van der Waals surface area contributed by atoms with Crippen LogP contribution in [0.25, 0.3) is 5.69 Å². The van der Waals surface area contributed by atoms with Gasteiger partial charge in [0.2, 0.25) is 17.0 Å². The van der Waals surface area contributed by atoms with Gasteiger partial charge in [-0.3, -0.25) is 14.5 Å². The van der Waals surface area contributed by atoms with Gasteiger partial charge in [0.1, 0.15) is 5.54 Å². The van der Waals surface area contributed by atoms with Gasteiger partial charge in [-0.05, 0) is 66.9 Å². The quantitative estimate of drug-likeness (QED) is 0.590. The lowest BCUT2D eigenvalue weighted by molar-refractivity contribution is -0.126. The number of para-hydroxylation sites is 2. The molecule has 1 atom stereocenters. The minimum absolute atomic E-state index is 0.188. The molecule has 2 amide bonds. The second-order valence-electron chi connectivity index (χ2n) is 8.58. The number of benzene rings is 2. The summed E-state index contributed by atoms with van der Waals surface area (Å²) in [5, 5.41) is 14.9. The Labute approximate surface area is 191 Å². The molecule has 4 rings (SSSR count). The average Bonchev–Trinajstić information content (AvgIpc) is 3.22. The largest absolute Gasteiger partial charge is 0.322 e. The maximum atomic E-state index is 13.6. The van der Waals surface area contributed by atoms with Gasteiger partial charge >= 0.3 is 0 Å². The number of nitrogens with one attached hydrogen (secondary N) is 1. The van der Waals surface area contributed by atoms with Crippen molar-refractivity contribution in [3.63, 3.8) is 0 Å². The SMILES string of the molecule is CC(Sc1nnnn1-c1ccc(C(C)C)cc1)C(=O)N1c2ccccc2NC(=O)C1(C)C. The summed E-state index contributed by atoms with van der Waals surface area (Å²) >= 11 is 1.26. The predicted octanol–water partition coefficient (Wildman–Crippen LogP) is 4.03. The molecule has 0 saturated heterocycles. The normalized spacial score (nSPS) is 15.9. The van der Waals surface area contributed by atoms with E-state index >= 15 is 0 Å². The summed E-state index contributed by atoms with van der Waals surface area (Å²) in [5.74, 6) is 0.0150. The maximum Gasteiger partial charge on any atom is 0.250 e. The second-order valence-corrected chi connectivity index (χ2v) is 9.89. The number of hydrogen-bond acceptors (Lipinski definition) is 6. The first-order valence-electron chi connectivity index (χ1n) is 10.5. The van der Waals surface area contributed by atoms with Crippen LogP contribution >= 0.6 is 11.8 Å². The van der Waals surface area contributed by atoms with E-state index in [0.717, 1.165) is 5.69 Å². The number of fused-ring (bicyclic) bond motifs is 1. The van der Waals surface area contributed by atoms with Gasteiger partial charge in [0.15, 0.2) is 0 Å². The van der Waals surface area contributed by atoms with Crippen molar-refractivity contribution >= 4 is 35.0 Å². The van der Waals surface area contributed by atoms with Gasteiger partial charge < -0.3 is 5.32 Å². The van der Waals surface area contributed by atoms with E-state index in [9.17, 15) is 9.59 Å². The minimum atomic E-state index is -1.03. The number of thioether (sulfide) groups is 1. The van der Waals surface area contributed by atoms with Crippen molar-refractivity contribution in [3.8, 4) is 5.69 Å². The molecule has 9 heteroatoms. The van der Waals surface area contributed by atoms with E-state index in [1.54, 1.807) is 36.4 Å². The van der Waals surface area contributed by atoms with Crippen LogP contribution in [0.4, 0.5) is 11.4 Å². The van der Waals surface area contributed by atoms with Gasteiger partial charge in [-0.15, -0.1) is 5.10 Å². The molecule has 1 unspecified atom stereocenters. The van der Waals surface area contributed by atoms with E-state index < -0.39 is 10.8 Å². The maximum absolute atomic E-state index is 13.6. The molecule has 8 nitrogen and oxygen atoms in total. The van der Waals surface area contributed by atoms with Crippen molar-refractivity contribution in [2.75, 3.05) is 10.2 Å². The molecule has 0 radical (unpaired) electrons. The van der Waals surface area contributed by atoms with E-state index in [-0.39, 0.29) is 11.8 Å². The van der Waals surface area contributed by atoms with Crippen LogP contribution in [0.1, 0.15) is 46.1 Å². The van der Waals surface area contributed by atoms with Gasteiger partial charge in [0.25, 0.3) is 0 Å². The Bertz CT molecular complexity index is 1160. The zero-order valence-corrected chi connectivity index (χ0v) is 19.6. The summed E-state index contributed by atoms with van der Waals surface area (Å²) in [7, 11) is 0. The van der Waals surface area contributed by atoms with E-state index in [4.69, 9.17) is 0 Å². The zero-order chi connectivity index (χ0) is 23.0. The number of carbonyl (C=O) groups excluding carboxylic acids is 2. The van der Waals surface area contributed by atoms with E-state index in [1.165, 1.54) is 17.3 Å². The van der Waals surface area contributed by atoms with Gasteiger partial charge in [-0.1, -0.05) is 49.9 Å². The number of rotatable bonds is 5. The Morgan fingerprint density at radius 2 is 1.75 bits per heavy atom. The van der Waals surface area contributed by atoms with Crippen molar-refractivity contribution in [2.24, 2.45) is 0 Å². The smallest absolute Gasteiger partial charge is 0.250 e. The molecule has 3 aromatic rings. The lowest BCUT2D eigenvalue weighted by Crippen LogP contribution is -2.60. The highest BCUT2D eigenvalue weighted by Crippen LogP contribution is 2.38. The molecular weight excluding hydrogens is 424 g/mol. The van der Waals surface area contributed by atoms with Crippen LogP contribution in [0.3, 0.4) is 0 Å². The second kappa shape index (κ2) is 8.38. The summed E-state index contributed by atoms with van der Waals surface area (Å²) in [6, 6.07) is 15.4. The summed E-state index contributed by atoms with van der Waals surface area (Å²) < 4.78 is 1.63. The van der Waals surface area contributed by atoms with E-state index in [0.29, 0.717) is 22.4 Å². The lowest BCUT2D eigenvalue weighted by Gasteiger charge is -2.42. The third-order valence-corrected chi connectivity index (χ3v) is 6.62. The number of nitrogens with zero attached hydrogens (tertiary/aromatic N) is 5. The molecule has 166 valence electrons. The van der Waals surface area contributed by atoms with Crippen LogP contribution in [0, 0.1) is 0 Å². The van der Waals surface area contributed by atoms with Crippen molar-refractivity contribution < 1.29 is 9.59 Å². The highest BCUT2D eigenvalue weighted by atomic mass is 32.2. The van der Waals surface area contributed by atoms with E-state index in [1.807, 2.05) is 30.3 Å². The van der Waals surface area contributed by atoms with Crippen LogP contribution in [0.5, 0.6) is 0 Å². The molecule has 1 N–H and O–H groups in total. The summed E-state index contributed by atoms with van der Waals surface area (Å²) in [6.45, 7) is 9.57. The number of carbonyl (C=O) groups is 2. The number of tetrazole rings is 1. The molecule has 1 aliphatic rings. The lowest BCUT2D eigenvalue weighted by atomic mass is 9.96. The fourth-order valence-electron chi connectivity index (χ4n) is 3.65. The van der Waals surface area contributed by atoms with Crippen LogP contribution in [-0.4, -0.2) is 42.8 Å². The molecule has 0 aliphatic carbocycles. The topological polar surface area (TPSA) is 93.0 Å². The summed E-state index contributed by atoms with van der Waals surface area (Å²) in [5.41, 5.74) is 2.32. The fraction of sp³-hybridized carbons (Fsp3) is 0.348. The van der Waals surface area contributed by atoms with Gasteiger partial charge in [-0.2, -0.15) is 4.68 Å². The first-order chi connectivity index (χ1) is 15.2. The number of amides is 2. The summed E-state index contributed by atoms with van der Waals surface area (Å²) in [6.07, 6.45) is 0. The molecule has 1 aromatic heterocycles. The highest BCUT2D eigenvalue weighted by Gasteiger charge is 2.45. The molecule has 2 aromatic carbocycles. The highest BCUT2D eigenvalue weighted by molar-refractivity contribution is 8.00. The van der Waals surface area contributed by atoms with Crippen molar-refractivity contribution in [1.29, 1.82) is 0 Å². The fourth-order valence-corrected chi connectivity index (χ4v) is 4.50. The number of aromatic nitrogens is 4. The molecule has 0 spiro atoms. The molecule has 1 aliphatic heterocycles. The average molecular weight is 451 g/mol. The third-order valence-electron chi connectivity index (χ3n) is 5.60. The first-order valence-corrected chi connectivity index (χ1v) is 11.4. The molecular formula is C23H26N6O2S. The Hall–Kier alpha value is -3.20. The van der Waals surface area contributed by atoms with Crippen LogP contribution < -0.4 is 10.2 Å². The van der Waals surface area contributed by atoms with Crippen LogP contribution in [-0.2, 0) is 9.59 Å². The Kier molecular flexibility index (Phi) is 5.77. The molecule has 0 bridgehead atoms. The molecule has 2 heterocycles. The zero-order valence-electron chi connectivity index (χ0n) is 18.7. The van der Waals surface area contributed by atoms with Crippen LogP contribution in [0.2, 0.25) is 0 Å². The number of anilines is 2. The Morgan fingerprint density at radius 1 is 1.06 bits per heavy atom. The van der Waals surface area contributed by atoms with Gasteiger partial charge in [0, 0.05) is 0 Å².